The summed E-state index contributed by atoms with van der Waals surface area (Å²) in [5.74, 6) is 1.54. The van der Waals surface area contributed by atoms with E-state index in [1.807, 2.05) is 20.8 Å². The first-order valence-corrected chi connectivity index (χ1v) is 6.40. The highest BCUT2D eigenvalue weighted by atomic mass is 16.5. The summed E-state index contributed by atoms with van der Waals surface area (Å²) in [5.41, 5.74) is 6.57. The summed E-state index contributed by atoms with van der Waals surface area (Å²) in [6.07, 6.45) is 0. The summed E-state index contributed by atoms with van der Waals surface area (Å²) >= 11 is 0. The molecule has 0 radical (unpaired) electrons. The van der Waals surface area contributed by atoms with E-state index in [4.69, 9.17) is 19.7 Å². The van der Waals surface area contributed by atoms with Gasteiger partial charge in [-0.2, -0.15) is 4.98 Å². The molecule has 0 unspecified atom stereocenters. The lowest BCUT2D eigenvalue weighted by molar-refractivity contribution is -0.0221. The molecule has 1 heterocycles. The fourth-order valence-electron chi connectivity index (χ4n) is 1.87. The maximum atomic E-state index is 5.97. The third kappa shape index (κ3) is 2.75. The van der Waals surface area contributed by atoms with E-state index in [0.29, 0.717) is 35.3 Å². The van der Waals surface area contributed by atoms with Crippen molar-refractivity contribution in [3.8, 4) is 17.2 Å². The molecular weight excluding hydrogens is 258 g/mol. The SMILES string of the molecule is CCOC(C)(C)c1noc(-c2ccc(OC)cc2N)n1. The molecule has 2 aromatic rings. The van der Waals surface area contributed by atoms with Crippen molar-refractivity contribution in [2.45, 2.75) is 26.4 Å². The molecule has 0 bridgehead atoms. The maximum absolute atomic E-state index is 5.97. The van der Waals surface area contributed by atoms with E-state index >= 15 is 0 Å². The second-order valence-electron chi connectivity index (χ2n) is 4.82. The van der Waals surface area contributed by atoms with E-state index in [1.165, 1.54) is 0 Å². The van der Waals surface area contributed by atoms with Gasteiger partial charge in [-0.25, -0.2) is 0 Å². The number of aromatic nitrogens is 2. The predicted molar refractivity (Wildman–Crippen MR) is 75.4 cm³/mol. The molecular formula is C14H19N3O3. The number of nitrogens with two attached hydrogens (primary N) is 1. The topological polar surface area (TPSA) is 83.4 Å². The van der Waals surface area contributed by atoms with Crippen LogP contribution in [0.15, 0.2) is 22.7 Å². The molecule has 6 heteroatoms. The van der Waals surface area contributed by atoms with Gasteiger partial charge in [-0.3, -0.25) is 0 Å². The van der Waals surface area contributed by atoms with Crippen LogP contribution in [-0.4, -0.2) is 23.9 Å². The highest BCUT2D eigenvalue weighted by Crippen LogP contribution is 2.30. The smallest absolute Gasteiger partial charge is 0.260 e. The van der Waals surface area contributed by atoms with Crippen LogP contribution in [0, 0.1) is 0 Å². The van der Waals surface area contributed by atoms with Crippen molar-refractivity contribution >= 4 is 5.69 Å². The molecule has 0 fully saturated rings. The van der Waals surface area contributed by atoms with Crippen molar-refractivity contribution in [2.24, 2.45) is 0 Å². The van der Waals surface area contributed by atoms with Crippen LogP contribution in [0.2, 0.25) is 0 Å². The summed E-state index contributed by atoms with van der Waals surface area (Å²) in [5, 5.41) is 3.97. The molecule has 0 atom stereocenters. The number of nitrogen functional groups attached to an aromatic ring is 1. The first-order chi connectivity index (χ1) is 9.47. The van der Waals surface area contributed by atoms with E-state index < -0.39 is 5.60 Å². The number of benzene rings is 1. The zero-order valence-corrected chi connectivity index (χ0v) is 12.1. The van der Waals surface area contributed by atoms with Gasteiger partial charge in [-0.15, -0.1) is 0 Å². The average molecular weight is 277 g/mol. The van der Waals surface area contributed by atoms with Gasteiger partial charge in [0.1, 0.15) is 11.4 Å². The van der Waals surface area contributed by atoms with Crippen LogP contribution in [0.1, 0.15) is 26.6 Å². The molecule has 20 heavy (non-hydrogen) atoms. The van der Waals surface area contributed by atoms with Gasteiger partial charge in [-0.05, 0) is 32.9 Å². The van der Waals surface area contributed by atoms with Gasteiger partial charge < -0.3 is 19.7 Å². The molecule has 0 aliphatic heterocycles. The van der Waals surface area contributed by atoms with Crippen molar-refractivity contribution in [3.05, 3.63) is 24.0 Å². The Balaban J connectivity index is 2.33. The number of hydrogen-bond donors (Lipinski definition) is 1. The Morgan fingerprint density at radius 3 is 2.70 bits per heavy atom. The van der Waals surface area contributed by atoms with E-state index in [1.54, 1.807) is 25.3 Å². The summed E-state index contributed by atoms with van der Waals surface area (Å²) in [4.78, 5) is 4.36. The minimum absolute atomic E-state index is 0.368. The Kier molecular flexibility index (Phi) is 3.94. The number of rotatable bonds is 5. The van der Waals surface area contributed by atoms with Crippen LogP contribution in [0.5, 0.6) is 5.75 Å². The standard InChI is InChI=1S/C14H19N3O3/c1-5-19-14(2,3)13-16-12(20-17-13)10-7-6-9(18-4)8-11(10)15/h6-8H,5,15H2,1-4H3. The van der Waals surface area contributed by atoms with Crippen molar-refractivity contribution in [1.29, 1.82) is 0 Å². The molecule has 1 aromatic heterocycles. The molecule has 0 aliphatic rings. The second-order valence-corrected chi connectivity index (χ2v) is 4.82. The second kappa shape index (κ2) is 5.50. The van der Waals surface area contributed by atoms with Crippen molar-refractivity contribution in [3.63, 3.8) is 0 Å². The van der Waals surface area contributed by atoms with Gasteiger partial charge in [0.2, 0.25) is 5.82 Å². The van der Waals surface area contributed by atoms with E-state index in [-0.39, 0.29) is 0 Å². The lowest BCUT2D eigenvalue weighted by atomic mass is 10.1. The van der Waals surface area contributed by atoms with Crippen LogP contribution in [0.3, 0.4) is 0 Å². The van der Waals surface area contributed by atoms with Crippen molar-refractivity contribution < 1.29 is 14.0 Å². The van der Waals surface area contributed by atoms with E-state index in [2.05, 4.69) is 10.1 Å². The first kappa shape index (κ1) is 14.3. The molecule has 2 N–H and O–H groups in total. The van der Waals surface area contributed by atoms with Crippen LogP contribution in [0.4, 0.5) is 5.69 Å². The van der Waals surface area contributed by atoms with Gasteiger partial charge in [0.15, 0.2) is 0 Å². The minimum atomic E-state index is -0.599. The fourth-order valence-corrected chi connectivity index (χ4v) is 1.87. The lowest BCUT2D eigenvalue weighted by Crippen LogP contribution is -2.23. The lowest BCUT2D eigenvalue weighted by Gasteiger charge is -2.19. The van der Waals surface area contributed by atoms with Crippen LogP contribution < -0.4 is 10.5 Å². The van der Waals surface area contributed by atoms with Gasteiger partial charge in [0.25, 0.3) is 5.89 Å². The molecule has 0 spiro atoms. The summed E-state index contributed by atoms with van der Waals surface area (Å²) in [6, 6.07) is 5.30. The number of nitrogens with zero attached hydrogens (tertiary/aromatic N) is 2. The van der Waals surface area contributed by atoms with E-state index in [9.17, 15) is 0 Å². The Hall–Kier alpha value is -2.08. The average Bonchev–Trinajstić information content (AvgIpc) is 2.88. The number of anilines is 1. The highest BCUT2D eigenvalue weighted by Gasteiger charge is 2.27. The minimum Gasteiger partial charge on any atom is -0.497 e. The monoisotopic (exact) mass is 277 g/mol. The van der Waals surface area contributed by atoms with Crippen LogP contribution in [-0.2, 0) is 10.3 Å². The van der Waals surface area contributed by atoms with Crippen LogP contribution in [0.25, 0.3) is 11.5 Å². The summed E-state index contributed by atoms with van der Waals surface area (Å²) in [7, 11) is 1.59. The molecule has 0 amide bonds. The Morgan fingerprint density at radius 1 is 1.35 bits per heavy atom. The van der Waals surface area contributed by atoms with Gasteiger partial charge in [0, 0.05) is 18.4 Å². The Labute approximate surface area is 117 Å². The Morgan fingerprint density at radius 2 is 2.10 bits per heavy atom. The Bertz CT molecular complexity index is 593. The fraction of sp³-hybridized carbons (Fsp3) is 0.429. The largest absolute Gasteiger partial charge is 0.497 e. The van der Waals surface area contributed by atoms with Gasteiger partial charge in [0.05, 0.1) is 12.7 Å². The predicted octanol–water partition coefficient (Wildman–Crippen LogP) is 2.60. The maximum Gasteiger partial charge on any atom is 0.260 e. The van der Waals surface area contributed by atoms with E-state index in [0.717, 1.165) is 0 Å². The van der Waals surface area contributed by atoms with Crippen molar-refractivity contribution in [1.82, 2.24) is 10.1 Å². The third-order valence-corrected chi connectivity index (χ3v) is 2.96. The molecule has 0 aliphatic carbocycles. The molecule has 0 saturated heterocycles. The zero-order chi connectivity index (χ0) is 14.8. The molecule has 108 valence electrons. The first-order valence-electron chi connectivity index (χ1n) is 6.40. The van der Waals surface area contributed by atoms with Crippen LogP contribution >= 0.6 is 0 Å². The summed E-state index contributed by atoms with van der Waals surface area (Å²) in [6.45, 7) is 6.27. The van der Waals surface area contributed by atoms with Gasteiger partial charge in [-0.1, -0.05) is 5.16 Å². The summed E-state index contributed by atoms with van der Waals surface area (Å²) < 4.78 is 16.0. The molecule has 2 rings (SSSR count). The molecule has 0 saturated carbocycles. The number of hydrogen-bond acceptors (Lipinski definition) is 6. The molecule has 6 nitrogen and oxygen atoms in total. The number of ether oxygens (including phenoxy) is 2. The van der Waals surface area contributed by atoms with Gasteiger partial charge >= 0.3 is 0 Å². The zero-order valence-electron chi connectivity index (χ0n) is 12.1. The molecule has 1 aromatic carbocycles. The quantitative estimate of drug-likeness (QED) is 0.846. The normalized spacial score (nSPS) is 11.6. The number of methoxy groups -OCH3 is 1. The van der Waals surface area contributed by atoms with Crippen molar-refractivity contribution in [2.75, 3.05) is 19.5 Å². The highest BCUT2D eigenvalue weighted by molar-refractivity contribution is 5.71. The third-order valence-electron chi connectivity index (χ3n) is 2.96.